The highest BCUT2D eigenvalue weighted by Crippen LogP contribution is 2.25. The Morgan fingerprint density at radius 2 is 1.82 bits per heavy atom. The highest BCUT2D eigenvalue weighted by atomic mass is 16.6. The Morgan fingerprint density at radius 1 is 1.12 bits per heavy atom. The van der Waals surface area contributed by atoms with Crippen molar-refractivity contribution in [2.45, 2.75) is 83.5 Å². The molecule has 216 valence electrons. The summed E-state index contributed by atoms with van der Waals surface area (Å²) in [4.78, 5) is 29.8. The summed E-state index contributed by atoms with van der Waals surface area (Å²) < 4.78 is 12.9. The van der Waals surface area contributed by atoms with Crippen LogP contribution < -0.4 is 5.32 Å². The molecular weight excluding hydrogens is 508 g/mol. The first-order chi connectivity index (χ1) is 19.2. The molecule has 0 radical (unpaired) electrons. The van der Waals surface area contributed by atoms with Crippen molar-refractivity contribution in [1.29, 1.82) is 5.26 Å². The fourth-order valence-corrected chi connectivity index (χ4v) is 5.17. The van der Waals surface area contributed by atoms with E-state index in [1.807, 2.05) is 41.3 Å². The number of nitrogens with zero attached hydrogens (tertiary/aromatic N) is 5. The van der Waals surface area contributed by atoms with Crippen LogP contribution >= 0.6 is 0 Å². The smallest absolute Gasteiger partial charge is 0.418 e. The van der Waals surface area contributed by atoms with E-state index in [1.165, 1.54) is 4.90 Å². The Bertz CT molecular complexity index is 1150. The lowest BCUT2D eigenvalue weighted by Gasteiger charge is -2.34. The molecule has 1 aliphatic heterocycles. The SMILES string of the molecule is CC(C)(C)OC(=O)N(C(=O)N[C@H](C#N)Cc1ccc(-c2cnn(CCN3CCOCC3)c2)cc1)C1CCCCC1. The second-order valence-electron chi connectivity index (χ2n) is 11.6. The van der Waals surface area contributed by atoms with Crippen LogP contribution in [0.15, 0.2) is 36.7 Å². The number of hydrogen-bond donors (Lipinski definition) is 1. The molecule has 1 aliphatic carbocycles. The molecule has 1 N–H and O–H groups in total. The Hall–Kier alpha value is -3.42. The zero-order chi connectivity index (χ0) is 28.5. The minimum absolute atomic E-state index is 0.225. The van der Waals surface area contributed by atoms with E-state index in [2.05, 4.69) is 21.4 Å². The largest absolute Gasteiger partial charge is 0.443 e. The average Bonchev–Trinajstić information content (AvgIpc) is 3.41. The standard InChI is InChI=1S/C30H42N6O4/c1-30(2,3)40-29(38)36(27-7-5-4-6-8-27)28(37)33-26(20-31)19-23-9-11-24(12-10-23)25-21-32-35(22-25)14-13-34-15-17-39-18-16-34/h9-12,21-22,26-27H,4-8,13-19H2,1-3H3,(H,33,37)/t26-/m0/s1. The van der Waals surface area contributed by atoms with Crippen LogP contribution in [0.4, 0.5) is 9.59 Å². The van der Waals surface area contributed by atoms with Crippen molar-refractivity contribution in [3.05, 3.63) is 42.2 Å². The molecule has 0 unspecified atom stereocenters. The van der Waals surface area contributed by atoms with Gasteiger partial charge in [0.15, 0.2) is 0 Å². The fourth-order valence-electron chi connectivity index (χ4n) is 5.17. The summed E-state index contributed by atoms with van der Waals surface area (Å²) in [6, 6.07) is 8.53. The van der Waals surface area contributed by atoms with E-state index >= 15 is 0 Å². The van der Waals surface area contributed by atoms with Crippen LogP contribution in [0.5, 0.6) is 0 Å². The van der Waals surface area contributed by atoms with E-state index in [9.17, 15) is 14.9 Å². The lowest BCUT2D eigenvalue weighted by molar-refractivity contribution is 0.0220. The Morgan fingerprint density at radius 3 is 2.48 bits per heavy atom. The Kier molecular flexibility index (Phi) is 10.2. The van der Waals surface area contributed by atoms with E-state index in [4.69, 9.17) is 9.47 Å². The number of carbonyl (C=O) groups excluding carboxylic acids is 2. The summed E-state index contributed by atoms with van der Waals surface area (Å²) in [5, 5.41) is 17.1. The molecule has 2 heterocycles. The number of benzene rings is 1. The second kappa shape index (κ2) is 13.8. The number of nitrogens with one attached hydrogen (secondary N) is 1. The van der Waals surface area contributed by atoms with Crippen molar-refractivity contribution < 1.29 is 19.1 Å². The van der Waals surface area contributed by atoms with Gasteiger partial charge in [0.25, 0.3) is 0 Å². The van der Waals surface area contributed by atoms with E-state index in [0.717, 1.165) is 88.2 Å². The number of carbonyl (C=O) groups is 2. The third-order valence-corrected chi connectivity index (χ3v) is 7.31. The van der Waals surface area contributed by atoms with Crippen LogP contribution in [-0.4, -0.2) is 82.2 Å². The van der Waals surface area contributed by atoms with Crippen molar-refractivity contribution in [3.63, 3.8) is 0 Å². The number of ether oxygens (including phenoxy) is 2. The van der Waals surface area contributed by atoms with Crippen LogP contribution in [0.2, 0.25) is 0 Å². The van der Waals surface area contributed by atoms with Crippen molar-refractivity contribution in [2.75, 3.05) is 32.8 Å². The van der Waals surface area contributed by atoms with Crippen molar-refractivity contribution >= 4 is 12.1 Å². The lowest BCUT2D eigenvalue weighted by atomic mass is 9.94. The van der Waals surface area contributed by atoms with Gasteiger partial charge in [0.2, 0.25) is 0 Å². The van der Waals surface area contributed by atoms with Crippen LogP contribution in [0.1, 0.15) is 58.4 Å². The fraction of sp³-hybridized carbons (Fsp3) is 0.600. The minimum atomic E-state index is -0.783. The highest BCUT2D eigenvalue weighted by Gasteiger charge is 2.35. The van der Waals surface area contributed by atoms with Crippen molar-refractivity contribution in [1.82, 2.24) is 24.9 Å². The number of hydrogen-bond acceptors (Lipinski definition) is 7. The van der Waals surface area contributed by atoms with E-state index < -0.39 is 23.8 Å². The van der Waals surface area contributed by atoms with Crippen LogP contribution in [0.3, 0.4) is 0 Å². The van der Waals surface area contributed by atoms with E-state index in [0.29, 0.717) is 6.42 Å². The summed E-state index contributed by atoms with van der Waals surface area (Å²) in [5.74, 6) is 0. The van der Waals surface area contributed by atoms with E-state index in [1.54, 1.807) is 20.8 Å². The lowest BCUT2D eigenvalue weighted by Crippen LogP contribution is -2.53. The predicted molar refractivity (Wildman–Crippen MR) is 152 cm³/mol. The second-order valence-corrected chi connectivity index (χ2v) is 11.6. The summed E-state index contributed by atoms with van der Waals surface area (Å²) in [6.07, 6.45) is 8.07. The van der Waals surface area contributed by atoms with E-state index in [-0.39, 0.29) is 6.04 Å². The topological polar surface area (TPSA) is 113 Å². The molecule has 1 saturated carbocycles. The van der Waals surface area contributed by atoms with Crippen molar-refractivity contribution in [3.8, 4) is 17.2 Å². The molecule has 1 aromatic heterocycles. The van der Waals surface area contributed by atoms with Gasteiger partial charge in [-0.15, -0.1) is 0 Å². The summed E-state index contributed by atoms with van der Waals surface area (Å²) in [5.41, 5.74) is 2.25. The Labute approximate surface area is 237 Å². The normalized spacial score (nSPS) is 17.6. The molecule has 10 nitrogen and oxygen atoms in total. The third kappa shape index (κ3) is 8.54. The molecule has 2 aromatic rings. The summed E-state index contributed by atoms with van der Waals surface area (Å²) in [7, 11) is 0. The van der Waals surface area contributed by atoms with Gasteiger partial charge in [-0.1, -0.05) is 43.5 Å². The summed E-state index contributed by atoms with van der Waals surface area (Å²) >= 11 is 0. The van der Waals surface area contributed by atoms with Crippen molar-refractivity contribution in [2.24, 2.45) is 0 Å². The zero-order valence-corrected chi connectivity index (χ0v) is 24.0. The average molecular weight is 551 g/mol. The van der Waals surface area contributed by atoms with Gasteiger partial charge in [-0.2, -0.15) is 10.4 Å². The predicted octanol–water partition coefficient (Wildman–Crippen LogP) is 4.60. The first-order valence-electron chi connectivity index (χ1n) is 14.4. The third-order valence-electron chi connectivity index (χ3n) is 7.31. The molecule has 2 fully saturated rings. The number of imide groups is 1. The van der Waals surface area contributed by atoms with Gasteiger partial charge in [-0.25, -0.2) is 14.5 Å². The number of amides is 3. The number of urea groups is 1. The molecule has 2 aliphatic rings. The molecule has 1 atom stereocenters. The number of nitriles is 1. The highest BCUT2D eigenvalue weighted by molar-refractivity contribution is 5.91. The van der Waals surface area contributed by atoms with Crippen LogP contribution in [-0.2, 0) is 22.4 Å². The maximum atomic E-state index is 13.3. The molecule has 4 rings (SSSR count). The molecule has 0 bridgehead atoms. The zero-order valence-electron chi connectivity index (χ0n) is 24.0. The van der Waals surface area contributed by atoms with Gasteiger partial charge in [-0.05, 0) is 44.7 Å². The first kappa shape index (κ1) is 29.6. The molecule has 1 saturated heterocycles. The van der Waals surface area contributed by atoms with Gasteiger partial charge < -0.3 is 14.8 Å². The molecule has 3 amide bonds. The van der Waals surface area contributed by atoms with Crippen LogP contribution in [0, 0.1) is 11.3 Å². The molecular formula is C30H42N6O4. The van der Waals surface area contributed by atoms with Gasteiger partial charge in [0, 0.05) is 43.9 Å². The number of rotatable bonds is 8. The minimum Gasteiger partial charge on any atom is -0.443 e. The number of morpholine rings is 1. The number of aromatic nitrogens is 2. The first-order valence-corrected chi connectivity index (χ1v) is 14.4. The quantitative estimate of drug-likeness (QED) is 0.511. The molecule has 40 heavy (non-hydrogen) atoms. The van der Waals surface area contributed by atoms with Gasteiger partial charge >= 0.3 is 12.1 Å². The maximum Gasteiger partial charge on any atom is 0.418 e. The van der Waals surface area contributed by atoms with Gasteiger partial charge in [0.05, 0.1) is 32.0 Å². The maximum absolute atomic E-state index is 13.3. The van der Waals surface area contributed by atoms with Crippen LogP contribution in [0.25, 0.3) is 11.1 Å². The summed E-state index contributed by atoms with van der Waals surface area (Å²) in [6.45, 7) is 10.6. The molecule has 0 spiro atoms. The van der Waals surface area contributed by atoms with Gasteiger partial charge in [-0.3, -0.25) is 9.58 Å². The molecule has 10 heteroatoms. The Balaban J connectivity index is 1.35. The van der Waals surface area contributed by atoms with Gasteiger partial charge in [0.1, 0.15) is 11.6 Å². The monoisotopic (exact) mass is 550 g/mol. The molecule has 1 aromatic carbocycles.